The van der Waals surface area contributed by atoms with Crippen molar-refractivity contribution in [3.63, 3.8) is 0 Å². The molecule has 0 saturated carbocycles. The molecule has 0 saturated heterocycles. The van der Waals surface area contributed by atoms with E-state index < -0.39 is 0 Å². The van der Waals surface area contributed by atoms with Crippen LogP contribution in [0.15, 0.2) is 328 Å². The molecule has 0 fully saturated rings. The fourth-order valence-corrected chi connectivity index (χ4v) is 13.9. The van der Waals surface area contributed by atoms with Gasteiger partial charge in [-0.2, -0.15) is 15.8 Å². The SMILES string of the molecule is N#Cc1ccc(-c2ccc(-c3nc(-c4ccc(-c5ccccc5C#N)cc4-n4c5ccc(-c6ccccc6)cc5c5cc(-c6ccccc6)ccc54)nc(-c4ccc(-c5ccccc5C#N)cc4-n4c5ccc(-c6ccccc6)cc5c5cc(-c6ccccc6)ccc54)n3)cc2)cc1. The number of benzene rings is 14. The van der Waals surface area contributed by atoms with E-state index in [0.717, 1.165) is 150 Å². The van der Waals surface area contributed by atoms with Gasteiger partial charge in [0.1, 0.15) is 0 Å². The zero-order valence-electron chi connectivity index (χ0n) is 52.8. The van der Waals surface area contributed by atoms with Crippen molar-refractivity contribution in [1.29, 1.82) is 15.8 Å². The van der Waals surface area contributed by atoms with Crippen molar-refractivity contribution in [1.82, 2.24) is 24.1 Å². The van der Waals surface area contributed by atoms with E-state index in [9.17, 15) is 15.8 Å². The maximum Gasteiger partial charge on any atom is 0.166 e. The van der Waals surface area contributed by atoms with E-state index in [0.29, 0.717) is 34.2 Å². The summed E-state index contributed by atoms with van der Waals surface area (Å²) in [4.78, 5) is 16.9. The van der Waals surface area contributed by atoms with Crippen LogP contribution in [0.2, 0.25) is 0 Å². The molecule has 0 atom stereocenters. The third-order valence-electron chi connectivity index (χ3n) is 18.8. The highest BCUT2D eigenvalue weighted by Gasteiger charge is 2.26. The first kappa shape index (κ1) is 58.0. The van der Waals surface area contributed by atoms with Gasteiger partial charge in [0.15, 0.2) is 17.5 Å². The molecule has 0 unspecified atom stereocenters. The maximum atomic E-state index is 10.7. The Labute approximate surface area is 566 Å². The minimum absolute atomic E-state index is 0.417. The number of nitrogens with zero attached hydrogens (tertiary/aromatic N) is 8. The van der Waals surface area contributed by atoms with E-state index in [1.165, 1.54) is 0 Å². The van der Waals surface area contributed by atoms with Crippen LogP contribution in [0.3, 0.4) is 0 Å². The second-order valence-electron chi connectivity index (χ2n) is 24.4. The fourth-order valence-electron chi connectivity index (χ4n) is 13.9. The minimum atomic E-state index is 0.417. The van der Waals surface area contributed by atoms with E-state index in [1.807, 2.05) is 109 Å². The number of hydrogen-bond donors (Lipinski definition) is 0. The van der Waals surface area contributed by atoms with Crippen LogP contribution in [0.1, 0.15) is 16.7 Å². The Morgan fingerprint density at radius 1 is 0.214 bits per heavy atom. The normalized spacial score (nSPS) is 11.2. The number of rotatable bonds is 12. The van der Waals surface area contributed by atoms with Crippen molar-refractivity contribution in [2.45, 2.75) is 0 Å². The molecule has 0 N–H and O–H groups in total. The molecule has 8 nitrogen and oxygen atoms in total. The lowest BCUT2D eigenvalue weighted by molar-refractivity contribution is 1.06. The predicted molar refractivity (Wildman–Crippen MR) is 397 cm³/mol. The summed E-state index contributed by atoms with van der Waals surface area (Å²) in [5, 5.41) is 35.3. The summed E-state index contributed by atoms with van der Waals surface area (Å²) in [5.41, 5.74) is 23.4. The Kier molecular flexibility index (Phi) is 14.5. The Bertz CT molecular complexity index is 5590. The lowest BCUT2D eigenvalue weighted by Gasteiger charge is -2.19. The molecule has 0 aliphatic carbocycles. The van der Waals surface area contributed by atoms with Crippen LogP contribution < -0.4 is 0 Å². The van der Waals surface area contributed by atoms with E-state index in [1.54, 1.807) is 0 Å². The monoisotopic (exact) mass is 1250 g/mol. The van der Waals surface area contributed by atoms with Gasteiger partial charge < -0.3 is 9.13 Å². The molecule has 0 aliphatic rings. The van der Waals surface area contributed by atoms with Gasteiger partial charge in [-0.3, -0.25) is 0 Å². The molecular weight excluding hydrogens is 1190 g/mol. The van der Waals surface area contributed by atoms with Gasteiger partial charge in [-0.15, -0.1) is 0 Å². The molecule has 0 amide bonds. The molecule has 98 heavy (non-hydrogen) atoms. The molecule has 0 aliphatic heterocycles. The fraction of sp³-hybridized carbons (Fsp3) is 0. The van der Waals surface area contributed by atoms with Crippen LogP contribution in [0.5, 0.6) is 0 Å². The van der Waals surface area contributed by atoms with Gasteiger partial charge in [0.2, 0.25) is 0 Å². The lowest BCUT2D eigenvalue weighted by atomic mass is 9.97. The molecule has 454 valence electrons. The summed E-state index contributed by atoms with van der Waals surface area (Å²) in [6, 6.07) is 120. The standard InChI is InChI=1S/C90H54N8/c91-55-58-29-31-63(32-30-58)64-33-35-65(36-34-64)88-94-89(76-43-37-70(74-27-15-13-25-72(74)56-92)53-86(76)97-82-45-39-66(59-17-5-1-6-18-59)49-78(82)79-50-67(40-46-83(79)97)60-19-7-2-8-20-60)96-90(95-88)77-44-38-71(75-28-16-14-26-73(75)57-93)54-87(77)98-84-47-41-68(61-21-9-3-10-22-61)51-80(84)81-52-69(42-48-85(81)98)62-23-11-4-12-24-62/h1-54H. The molecule has 14 aromatic carbocycles. The van der Waals surface area contributed by atoms with Crippen molar-refractivity contribution in [3.05, 3.63) is 344 Å². The van der Waals surface area contributed by atoms with Crippen LogP contribution in [0.4, 0.5) is 0 Å². The second kappa shape index (κ2) is 24.6. The predicted octanol–water partition coefficient (Wildman–Crippen LogP) is 22.4. The van der Waals surface area contributed by atoms with Gasteiger partial charge in [-0.1, -0.05) is 231 Å². The Morgan fingerprint density at radius 3 is 0.847 bits per heavy atom. The van der Waals surface area contributed by atoms with E-state index in [2.05, 4.69) is 246 Å². The van der Waals surface area contributed by atoms with Gasteiger partial charge in [0.05, 0.1) is 68.3 Å². The van der Waals surface area contributed by atoms with Crippen LogP contribution in [-0.4, -0.2) is 24.1 Å². The van der Waals surface area contributed by atoms with Crippen LogP contribution in [-0.2, 0) is 0 Å². The highest BCUT2D eigenvalue weighted by Crippen LogP contribution is 2.45. The smallest absolute Gasteiger partial charge is 0.166 e. The molecule has 0 spiro atoms. The van der Waals surface area contributed by atoms with E-state index >= 15 is 0 Å². The molecule has 17 aromatic rings. The first-order chi connectivity index (χ1) is 48.4. The molecule has 3 heterocycles. The third kappa shape index (κ3) is 10.4. The van der Waals surface area contributed by atoms with Gasteiger partial charge in [-0.05, 0) is 175 Å². The molecule has 0 radical (unpaired) electrons. The van der Waals surface area contributed by atoms with Crippen molar-refractivity contribution in [3.8, 4) is 142 Å². The van der Waals surface area contributed by atoms with Crippen LogP contribution in [0, 0.1) is 34.0 Å². The minimum Gasteiger partial charge on any atom is -0.308 e. The first-order valence-corrected chi connectivity index (χ1v) is 32.5. The third-order valence-corrected chi connectivity index (χ3v) is 18.8. The number of fused-ring (bicyclic) bond motifs is 6. The largest absolute Gasteiger partial charge is 0.308 e. The zero-order valence-corrected chi connectivity index (χ0v) is 52.8. The van der Waals surface area contributed by atoms with Crippen molar-refractivity contribution >= 4 is 43.6 Å². The average Bonchev–Trinajstić information content (AvgIpc) is 1.55. The maximum absolute atomic E-state index is 10.7. The highest BCUT2D eigenvalue weighted by atomic mass is 15.1. The summed E-state index contributed by atoms with van der Waals surface area (Å²) in [6.07, 6.45) is 0. The Morgan fingerprint density at radius 2 is 0.500 bits per heavy atom. The first-order valence-electron chi connectivity index (χ1n) is 32.5. The van der Waals surface area contributed by atoms with Gasteiger partial charge in [0, 0.05) is 38.2 Å². The molecule has 0 bridgehead atoms. The summed E-state index contributed by atoms with van der Waals surface area (Å²) in [6.45, 7) is 0. The van der Waals surface area contributed by atoms with Crippen molar-refractivity contribution < 1.29 is 0 Å². The molecule has 17 rings (SSSR count). The number of nitriles is 3. The molecule has 8 heteroatoms. The lowest BCUT2D eigenvalue weighted by Crippen LogP contribution is -2.06. The quantitative estimate of drug-likeness (QED) is 0.120. The summed E-state index contributed by atoms with van der Waals surface area (Å²) in [7, 11) is 0. The van der Waals surface area contributed by atoms with Gasteiger partial charge >= 0.3 is 0 Å². The zero-order chi connectivity index (χ0) is 65.6. The van der Waals surface area contributed by atoms with Gasteiger partial charge in [0.25, 0.3) is 0 Å². The second-order valence-corrected chi connectivity index (χ2v) is 24.4. The number of hydrogen-bond acceptors (Lipinski definition) is 6. The topological polar surface area (TPSA) is 120 Å². The van der Waals surface area contributed by atoms with E-state index in [-0.39, 0.29) is 0 Å². The highest BCUT2D eigenvalue weighted by molar-refractivity contribution is 6.14. The molecule has 3 aromatic heterocycles. The summed E-state index contributed by atoms with van der Waals surface area (Å²) in [5.74, 6) is 1.27. The number of aromatic nitrogens is 5. The average molecular weight is 1250 g/mol. The summed E-state index contributed by atoms with van der Waals surface area (Å²) < 4.78 is 4.66. The Balaban J connectivity index is 0.957. The summed E-state index contributed by atoms with van der Waals surface area (Å²) >= 11 is 0. The van der Waals surface area contributed by atoms with E-state index in [4.69, 9.17) is 15.0 Å². The molecular formula is C90H54N8. The van der Waals surface area contributed by atoms with Crippen LogP contribution in [0.25, 0.3) is 167 Å². The van der Waals surface area contributed by atoms with Crippen molar-refractivity contribution in [2.75, 3.05) is 0 Å². The van der Waals surface area contributed by atoms with Crippen LogP contribution >= 0.6 is 0 Å². The van der Waals surface area contributed by atoms with Gasteiger partial charge in [-0.25, -0.2) is 15.0 Å². The Hall–Kier alpha value is -13.8. The van der Waals surface area contributed by atoms with Crippen molar-refractivity contribution in [2.24, 2.45) is 0 Å².